The lowest BCUT2D eigenvalue weighted by Gasteiger charge is -2.01. The van der Waals surface area contributed by atoms with E-state index in [1.54, 1.807) is 6.92 Å². The Hall–Kier alpha value is -0.820. The highest BCUT2D eigenvalue weighted by Gasteiger charge is 2.49. The molecule has 1 N–H and O–H groups in total. The van der Waals surface area contributed by atoms with Gasteiger partial charge in [0.25, 0.3) is 0 Å². The fraction of sp³-hybridized carbons (Fsp3) is 0.400. The van der Waals surface area contributed by atoms with E-state index in [9.17, 15) is 5.11 Å². The minimum Gasteiger partial charge on any atom is -0.390 e. The zero-order chi connectivity index (χ0) is 8.77. The van der Waals surface area contributed by atoms with Gasteiger partial charge in [-0.15, -0.1) is 0 Å². The van der Waals surface area contributed by atoms with Crippen LogP contribution in [0.25, 0.3) is 0 Å². The monoisotopic (exact) mass is 149 g/mol. The lowest BCUT2D eigenvalue weighted by Crippen LogP contribution is -2.01. The SMILES string of the molecule is [2H][C@H]1[C@@H](c2ccccc2)[C@]1(C)O. The van der Waals surface area contributed by atoms with Gasteiger partial charge >= 0.3 is 0 Å². The summed E-state index contributed by atoms with van der Waals surface area (Å²) in [4.78, 5) is 0. The molecule has 1 fully saturated rings. The molecule has 0 spiro atoms. The van der Waals surface area contributed by atoms with Gasteiger partial charge in [0.05, 0.1) is 5.60 Å². The number of hydrogen-bond donors (Lipinski definition) is 1. The average Bonchev–Trinajstić information content (AvgIpc) is 2.53. The number of benzene rings is 1. The second-order valence-corrected chi connectivity index (χ2v) is 3.28. The van der Waals surface area contributed by atoms with E-state index in [4.69, 9.17) is 1.37 Å². The molecule has 0 bridgehead atoms. The van der Waals surface area contributed by atoms with Crippen LogP contribution in [0, 0.1) is 0 Å². The Bertz CT molecular complexity index is 281. The fourth-order valence-electron chi connectivity index (χ4n) is 1.38. The van der Waals surface area contributed by atoms with Crippen LogP contribution in [0.1, 0.15) is 26.2 Å². The van der Waals surface area contributed by atoms with Crippen molar-refractivity contribution in [3.8, 4) is 0 Å². The molecule has 58 valence electrons. The molecule has 2 rings (SSSR count). The molecule has 1 nitrogen and oxygen atoms in total. The van der Waals surface area contributed by atoms with Crippen LogP contribution in [0.4, 0.5) is 0 Å². The molecule has 0 unspecified atom stereocenters. The fourth-order valence-corrected chi connectivity index (χ4v) is 1.38. The minimum atomic E-state index is -0.804. The molecule has 3 atom stereocenters. The average molecular weight is 149 g/mol. The minimum absolute atomic E-state index is 0.0127. The summed E-state index contributed by atoms with van der Waals surface area (Å²) in [7, 11) is 0. The van der Waals surface area contributed by atoms with Gasteiger partial charge in [0, 0.05) is 7.29 Å². The molecule has 11 heavy (non-hydrogen) atoms. The van der Waals surface area contributed by atoms with Gasteiger partial charge in [-0.05, 0) is 18.9 Å². The summed E-state index contributed by atoms with van der Waals surface area (Å²) in [5, 5.41) is 9.63. The van der Waals surface area contributed by atoms with Crippen molar-refractivity contribution < 1.29 is 6.48 Å². The molecule has 0 saturated heterocycles. The molecule has 1 heteroatoms. The molecule has 1 saturated carbocycles. The van der Waals surface area contributed by atoms with Crippen LogP contribution in [0.3, 0.4) is 0 Å². The zero-order valence-electron chi connectivity index (χ0n) is 7.49. The first-order valence-corrected chi connectivity index (χ1v) is 3.83. The summed E-state index contributed by atoms with van der Waals surface area (Å²) in [5.41, 5.74) is 0.268. The van der Waals surface area contributed by atoms with Gasteiger partial charge in [-0.25, -0.2) is 0 Å². The van der Waals surface area contributed by atoms with E-state index in [1.165, 1.54) is 0 Å². The summed E-state index contributed by atoms with van der Waals surface area (Å²) >= 11 is 0. The number of aliphatic hydroxyl groups is 1. The third-order valence-corrected chi connectivity index (χ3v) is 2.18. The number of hydrogen-bond acceptors (Lipinski definition) is 1. The van der Waals surface area contributed by atoms with E-state index in [2.05, 4.69) is 0 Å². The summed E-state index contributed by atoms with van der Waals surface area (Å²) in [6.07, 6.45) is -0.347. The standard InChI is InChI=1S/C10H12O/c1-10(11)7-9(10)8-5-3-2-4-6-8/h2-6,9,11H,7H2,1H3/t9-,10+/m0/s1/i7D/t7-,9-,10+. The van der Waals surface area contributed by atoms with E-state index in [0.717, 1.165) is 5.56 Å². The van der Waals surface area contributed by atoms with Crippen LogP contribution in [-0.2, 0) is 0 Å². The van der Waals surface area contributed by atoms with Gasteiger partial charge < -0.3 is 5.11 Å². The third-order valence-electron chi connectivity index (χ3n) is 2.18. The molecule has 0 heterocycles. The van der Waals surface area contributed by atoms with Crippen molar-refractivity contribution in [1.29, 1.82) is 0 Å². The van der Waals surface area contributed by atoms with E-state index < -0.39 is 5.60 Å². The van der Waals surface area contributed by atoms with Gasteiger partial charge in [0.15, 0.2) is 0 Å². The molecule has 1 aromatic rings. The zero-order valence-corrected chi connectivity index (χ0v) is 6.49. The van der Waals surface area contributed by atoms with Crippen molar-refractivity contribution in [2.24, 2.45) is 0 Å². The van der Waals surface area contributed by atoms with E-state index in [1.807, 2.05) is 30.3 Å². The predicted octanol–water partition coefficient (Wildman–Crippen LogP) is 1.92. The largest absolute Gasteiger partial charge is 0.390 e. The lowest BCUT2D eigenvalue weighted by molar-refractivity contribution is 0.164. The highest BCUT2D eigenvalue weighted by molar-refractivity contribution is 5.29. The van der Waals surface area contributed by atoms with E-state index >= 15 is 0 Å². The first-order chi connectivity index (χ1) is 5.64. The Kier molecular flexibility index (Phi) is 1.09. The summed E-state index contributed by atoms with van der Waals surface area (Å²) in [6, 6.07) is 9.76. The Morgan fingerprint density at radius 1 is 1.55 bits per heavy atom. The van der Waals surface area contributed by atoms with Gasteiger partial charge in [-0.1, -0.05) is 30.3 Å². The second kappa shape index (κ2) is 2.08. The summed E-state index contributed by atoms with van der Waals surface area (Å²) in [5.74, 6) is 0.0127. The van der Waals surface area contributed by atoms with Gasteiger partial charge in [0.1, 0.15) is 0 Å². The maximum Gasteiger partial charge on any atom is 0.0696 e. The maximum atomic E-state index is 9.63. The Morgan fingerprint density at radius 2 is 2.09 bits per heavy atom. The summed E-state index contributed by atoms with van der Waals surface area (Å²) < 4.78 is 7.54. The van der Waals surface area contributed by atoms with Gasteiger partial charge in [-0.3, -0.25) is 0 Å². The lowest BCUT2D eigenvalue weighted by atomic mass is 10.1. The second-order valence-electron chi connectivity index (χ2n) is 3.28. The topological polar surface area (TPSA) is 20.2 Å². The molecule has 0 aliphatic heterocycles. The van der Waals surface area contributed by atoms with E-state index in [-0.39, 0.29) is 12.3 Å². The Balaban J connectivity index is 2.25. The first-order valence-electron chi connectivity index (χ1n) is 4.41. The number of rotatable bonds is 1. The van der Waals surface area contributed by atoms with Crippen LogP contribution in [0.2, 0.25) is 0 Å². The molecule has 0 aromatic heterocycles. The van der Waals surface area contributed by atoms with Crippen molar-refractivity contribution in [2.45, 2.75) is 24.8 Å². The molecule has 1 aliphatic rings. The maximum absolute atomic E-state index is 9.63. The van der Waals surface area contributed by atoms with Crippen molar-refractivity contribution in [3.63, 3.8) is 0 Å². The highest BCUT2D eigenvalue weighted by Crippen LogP contribution is 2.50. The molecule has 0 radical (unpaired) electrons. The van der Waals surface area contributed by atoms with Crippen molar-refractivity contribution >= 4 is 0 Å². The Labute approximate surface area is 68.1 Å². The van der Waals surface area contributed by atoms with Gasteiger partial charge in [-0.2, -0.15) is 0 Å². The molecule has 0 amide bonds. The molecular weight excluding hydrogens is 136 g/mol. The Morgan fingerprint density at radius 3 is 2.55 bits per heavy atom. The molecule has 1 aliphatic carbocycles. The van der Waals surface area contributed by atoms with Gasteiger partial charge in [0.2, 0.25) is 0 Å². The predicted molar refractivity (Wildman–Crippen MR) is 44.4 cm³/mol. The smallest absolute Gasteiger partial charge is 0.0696 e. The molecular formula is C10H12O. The third kappa shape index (κ3) is 1.16. The van der Waals surface area contributed by atoms with Crippen LogP contribution in [-0.4, -0.2) is 10.7 Å². The van der Waals surface area contributed by atoms with Crippen molar-refractivity contribution in [1.82, 2.24) is 0 Å². The van der Waals surface area contributed by atoms with Crippen LogP contribution in [0.5, 0.6) is 0 Å². The quantitative estimate of drug-likeness (QED) is 0.646. The normalized spacial score (nSPS) is 43.3. The molecule has 1 aromatic carbocycles. The summed E-state index contributed by atoms with van der Waals surface area (Å²) in [6.45, 7) is 1.72. The van der Waals surface area contributed by atoms with Crippen LogP contribution < -0.4 is 0 Å². The van der Waals surface area contributed by atoms with Crippen LogP contribution >= 0.6 is 0 Å². The van der Waals surface area contributed by atoms with Crippen molar-refractivity contribution in [2.75, 3.05) is 0 Å². The highest BCUT2D eigenvalue weighted by atomic mass is 16.3. The van der Waals surface area contributed by atoms with E-state index in [0.29, 0.717) is 0 Å². The van der Waals surface area contributed by atoms with Crippen molar-refractivity contribution in [3.05, 3.63) is 35.9 Å². The first kappa shape index (κ1) is 5.78. The van der Waals surface area contributed by atoms with Crippen LogP contribution in [0.15, 0.2) is 30.3 Å².